The minimum Gasteiger partial charge on any atom is -0.309 e. The van der Waals surface area contributed by atoms with E-state index in [4.69, 9.17) is 15.0 Å². The molecule has 0 bridgehead atoms. The van der Waals surface area contributed by atoms with E-state index in [1.165, 1.54) is 64.9 Å². The van der Waals surface area contributed by atoms with E-state index in [1.807, 2.05) is 36.4 Å². The fourth-order valence-electron chi connectivity index (χ4n) is 11.2. The highest BCUT2D eigenvalue weighted by atomic mass is 28.3. The number of fused-ring (bicyclic) bond motifs is 3. The molecule has 76 heavy (non-hydrogen) atoms. The van der Waals surface area contributed by atoms with Crippen LogP contribution in [0, 0.1) is 13.8 Å². The Morgan fingerprint density at radius 1 is 0.276 bits per heavy atom. The van der Waals surface area contributed by atoms with Gasteiger partial charge in [-0.3, -0.25) is 0 Å². The zero-order valence-electron chi connectivity index (χ0n) is 42.3. The summed E-state index contributed by atoms with van der Waals surface area (Å²) in [6, 6.07) is 102. The molecule has 0 spiro atoms. The molecule has 0 aliphatic rings. The molecule has 5 heteroatoms. The zero-order chi connectivity index (χ0) is 51.0. The van der Waals surface area contributed by atoms with Crippen LogP contribution in [0.15, 0.2) is 279 Å². The summed E-state index contributed by atoms with van der Waals surface area (Å²) in [5.74, 6) is 1.84. The van der Waals surface area contributed by atoms with Crippen molar-refractivity contribution in [2.75, 3.05) is 0 Å². The van der Waals surface area contributed by atoms with E-state index in [-0.39, 0.29) is 0 Å². The molecule has 4 nitrogen and oxygen atoms in total. The van der Waals surface area contributed by atoms with Gasteiger partial charge in [-0.2, -0.15) is 0 Å². The molecule has 13 aromatic rings. The van der Waals surface area contributed by atoms with Crippen molar-refractivity contribution in [3.8, 4) is 73.2 Å². The molecule has 0 aliphatic carbocycles. The van der Waals surface area contributed by atoms with E-state index >= 15 is 0 Å². The summed E-state index contributed by atoms with van der Waals surface area (Å²) in [6.07, 6.45) is 0. The van der Waals surface area contributed by atoms with Crippen LogP contribution in [-0.2, 0) is 0 Å². The molecule has 2 heterocycles. The highest BCUT2D eigenvalue weighted by Gasteiger charge is 2.41. The average Bonchev–Trinajstić information content (AvgIpc) is 3.86. The summed E-state index contributed by atoms with van der Waals surface area (Å²) in [5, 5.41) is 7.63. The van der Waals surface area contributed by atoms with Crippen molar-refractivity contribution in [2.24, 2.45) is 0 Å². The smallest absolute Gasteiger partial charge is 0.179 e. The molecule has 0 unspecified atom stereocenters. The normalized spacial score (nSPS) is 11.6. The van der Waals surface area contributed by atoms with Crippen molar-refractivity contribution in [1.29, 1.82) is 0 Å². The van der Waals surface area contributed by atoms with Gasteiger partial charge in [0.05, 0.1) is 16.7 Å². The van der Waals surface area contributed by atoms with Gasteiger partial charge >= 0.3 is 0 Å². The Morgan fingerprint density at radius 2 is 0.645 bits per heavy atom. The maximum absolute atomic E-state index is 5.27. The Morgan fingerprint density at radius 3 is 1.09 bits per heavy atom. The van der Waals surface area contributed by atoms with E-state index in [9.17, 15) is 0 Å². The molecule has 0 N–H and O–H groups in total. The fraction of sp³-hybridized carbons (Fsp3) is 0.0282. The van der Waals surface area contributed by atoms with E-state index in [0.29, 0.717) is 17.5 Å². The molecule has 0 amide bonds. The van der Waals surface area contributed by atoms with Gasteiger partial charge in [-0.15, -0.1) is 0 Å². The molecule has 0 atom stereocenters. The van der Waals surface area contributed by atoms with E-state index in [0.717, 1.165) is 44.5 Å². The third-order valence-electron chi connectivity index (χ3n) is 15.0. The summed E-state index contributed by atoms with van der Waals surface area (Å²) >= 11 is 0. The Kier molecular flexibility index (Phi) is 12.0. The third kappa shape index (κ3) is 8.43. The van der Waals surface area contributed by atoms with Gasteiger partial charge in [0.15, 0.2) is 25.5 Å². The van der Waals surface area contributed by atoms with E-state index in [2.05, 4.69) is 261 Å². The van der Waals surface area contributed by atoms with Crippen LogP contribution in [0.4, 0.5) is 0 Å². The number of hydrogen-bond acceptors (Lipinski definition) is 3. The second-order valence-corrected chi connectivity index (χ2v) is 23.5. The molecule has 13 rings (SSSR count). The van der Waals surface area contributed by atoms with Crippen LogP contribution in [0.3, 0.4) is 0 Å². The number of hydrogen-bond donors (Lipinski definition) is 0. The van der Waals surface area contributed by atoms with Crippen molar-refractivity contribution in [3.05, 3.63) is 290 Å². The predicted octanol–water partition coefficient (Wildman–Crippen LogP) is 15.0. The highest BCUT2D eigenvalue weighted by Crippen LogP contribution is 2.41. The Labute approximate surface area is 445 Å². The molecular weight excluding hydrogens is 937 g/mol. The minimum absolute atomic E-state index is 0.599. The lowest BCUT2D eigenvalue weighted by Gasteiger charge is -2.34. The standard InChI is InChI=1S/C71H52N4Si/c1-49-31-35-51(36-32-49)55-40-43-66-64(46-55)65-47-56(52-37-33-50(2)34-38-52)41-44-67(65)75(66)68-48-58(71-73-69(53-19-8-3-9-20-53)72-70(74-71)54-21-10-4-11-22-54)39-42-63(68)57-23-18-30-62(45-57)76(59-24-12-5-13-25-59,60-26-14-6-15-27-60)61-28-16-7-17-29-61/h3-48H,1-2H3. The summed E-state index contributed by atoms with van der Waals surface area (Å²) in [4.78, 5) is 15.6. The lowest BCUT2D eigenvalue weighted by Crippen LogP contribution is -2.74. The maximum Gasteiger partial charge on any atom is 0.179 e. The third-order valence-corrected chi connectivity index (χ3v) is 19.7. The maximum atomic E-state index is 5.27. The molecule has 0 fully saturated rings. The molecule has 2 aromatic heterocycles. The Balaban J connectivity index is 1.10. The quantitative estimate of drug-likeness (QED) is 0.0958. The summed E-state index contributed by atoms with van der Waals surface area (Å²) in [5.41, 5.74) is 15.4. The second kappa shape index (κ2) is 19.7. The Bertz CT molecular complexity index is 3940. The first-order chi connectivity index (χ1) is 37.5. The first kappa shape index (κ1) is 46.2. The van der Waals surface area contributed by atoms with Crippen molar-refractivity contribution in [3.63, 3.8) is 0 Å². The SMILES string of the molecule is Cc1ccc(-c2ccc3c(c2)c2cc(-c4ccc(C)cc4)ccc2n3-c2cc(-c3nc(-c4ccccc4)nc(-c4ccccc4)n3)ccc2-c2cccc([Si](c3ccccc3)(c3ccccc3)c3ccccc3)c2)cc1. The molecule has 0 saturated carbocycles. The number of aryl methyl sites for hydroxylation is 2. The number of nitrogens with zero attached hydrogens (tertiary/aromatic N) is 4. The lowest BCUT2D eigenvalue weighted by molar-refractivity contribution is 1.07. The minimum atomic E-state index is -2.89. The highest BCUT2D eigenvalue weighted by molar-refractivity contribution is 7.19. The number of rotatable bonds is 11. The second-order valence-electron chi connectivity index (χ2n) is 19.7. The molecule has 360 valence electrons. The first-order valence-corrected chi connectivity index (χ1v) is 28.0. The van der Waals surface area contributed by atoms with Gasteiger partial charge in [0, 0.05) is 33.0 Å². The monoisotopic (exact) mass is 988 g/mol. The topological polar surface area (TPSA) is 43.6 Å². The van der Waals surface area contributed by atoms with Gasteiger partial charge in [0.1, 0.15) is 0 Å². The predicted molar refractivity (Wildman–Crippen MR) is 320 cm³/mol. The lowest BCUT2D eigenvalue weighted by atomic mass is 9.99. The molecular formula is C71H52N4Si. The van der Waals surface area contributed by atoms with Crippen LogP contribution in [0.25, 0.3) is 95.0 Å². The van der Waals surface area contributed by atoms with Crippen LogP contribution < -0.4 is 20.7 Å². The van der Waals surface area contributed by atoms with Crippen molar-refractivity contribution in [1.82, 2.24) is 19.5 Å². The number of benzene rings is 11. The van der Waals surface area contributed by atoms with Gasteiger partial charge < -0.3 is 4.57 Å². The van der Waals surface area contributed by atoms with Gasteiger partial charge in [-0.05, 0) is 92.7 Å². The van der Waals surface area contributed by atoms with Crippen LogP contribution in [0.1, 0.15) is 11.1 Å². The van der Waals surface area contributed by atoms with E-state index in [1.54, 1.807) is 0 Å². The summed E-state index contributed by atoms with van der Waals surface area (Å²) in [7, 11) is -2.89. The largest absolute Gasteiger partial charge is 0.309 e. The molecule has 0 aliphatic heterocycles. The van der Waals surface area contributed by atoms with Crippen molar-refractivity contribution in [2.45, 2.75) is 13.8 Å². The molecule has 0 radical (unpaired) electrons. The van der Waals surface area contributed by atoms with Crippen LogP contribution in [-0.4, -0.2) is 27.6 Å². The summed E-state index contributed by atoms with van der Waals surface area (Å²) < 4.78 is 2.47. The van der Waals surface area contributed by atoms with Crippen molar-refractivity contribution < 1.29 is 0 Å². The van der Waals surface area contributed by atoms with Crippen molar-refractivity contribution >= 4 is 50.6 Å². The van der Waals surface area contributed by atoms with Gasteiger partial charge in [0.2, 0.25) is 0 Å². The fourth-order valence-corrected chi connectivity index (χ4v) is 16.0. The van der Waals surface area contributed by atoms with Crippen LogP contribution >= 0.6 is 0 Å². The molecule has 0 saturated heterocycles. The number of aromatic nitrogens is 4. The average molecular weight is 989 g/mol. The van der Waals surface area contributed by atoms with Gasteiger partial charge in [0.25, 0.3) is 0 Å². The summed E-state index contributed by atoms with van der Waals surface area (Å²) in [6.45, 7) is 4.29. The van der Waals surface area contributed by atoms with Gasteiger partial charge in [-0.25, -0.2) is 15.0 Å². The van der Waals surface area contributed by atoms with E-state index < -0.39 is 8.07 Å². The molecule has 11 aromatic carbocycles. The Hall–Kier alpha value is -9.55. The van der Waals surface area contributed by atoms with Gasteiger partial charge in [-0.1, -0.05) is 260 Å². The zero-order valence-corrected chi connectivity index (χ0v) is 43.3. The first-order valence-electron chi connectivity index (χ1n) is 26.0. The van der Waals surface area contributed by atoms with Crippen LogP contribution in [0.5, 0.6) is 0 Å². The van der Waals surface area contributed by atoms with Crippen LogP contribution in [0.2, 0.25) is 0 Å².